The van der Waals surface area contributed by atoms with Crippen LogP contribution in [-0.4, -0.2) is 22.7 Å². The van der Waals surface area contributed by atoms with Crippen molar-refractivity contribution in [2.24, 2.45) is 0 Å². The van der Waals surface area contributed by atoms with Gasteiger partial charge in [0.25, 0.3) is 6.21 Å². The van der Waals surface area contributed by atoms with Crippen LogP contribution in [0.2, 0.25) is 0 Å². The molecular weight excluding hydrogens is 302 g/mol. The number of amides is 1. The summed E-state index contributed by atoms with van der Waals surface area (Å²) in [4.78, 5) is 17.3. The quantitative estimate of drug-likeness (QED) is 0.479. The van der Waals surface area contributed by atoms with Crippen molar-refractivity contribution in [2.45, 2.75) is 32.9 Å². The van der Waals surface area contributed by atoms with E-state index in [-0.39, 0.29) is 0 Å². The fourth-order valence-corrected chi connectivity index (χ4v) is 2.24. The lowest BCUT2D eigenvalue weighted by atomic mass is 10.1. The number of anilines is 1. The van der Waals surface area contributed by atoms with Crippen LogP contribution in [0.5, 0.6) is 0 Å². The molecule has 0 aromatic heterocycles. The average molecular weight is 323 g/mol. The highest BCUT2D eigenvalue weighted by Crippen LogP contribution is 2.24. The molecular formula is C19H21N3O2. The first-order valence-electron chi connectivity index (χ1n) is 7.71. The van der Waals surface area contributed by atoms with Gasteiger partial charge in [-0.25, -0.2) is 4.79 Å². The van der Waals surface area contributed by atoms with Gasteiger partial charge in [-0.3, -0.25) is 4.90 Å². The third-order valence-electron chi connectivity index (χ3n) is 3.22. The summed E-state index contributed by atoms with van der Waals surface area (Å²) in [6.07, 6.45) is 0.850. The van der Waals surface area contributed by atoms with Crippen molar-refractivity contribution in [3.63, 3.8) is 0 Å². The van der Waals surface area contributed by atoms with Crippen molar-refractivity contribution in [3.05, 3.63) is 71.3 Å². The van der Waals surface area contributed by atoms with Gasteiger partial charge < -0.3 is 10.3 Å². The first-order chi connectivity index (χ1) is 11.4. The molecule has 124 valence electrons. The summed E-state index contributed by atoms with van der Waals surface area (Å²) in [5.74, 6) is 0. The van der Waals surface area contributed by atoms with Crippen LogP contribution < -0.4 is 4.90 Å². The van der Waals surface area contributed by atoms with E-state index in [1.807, 2.05) is 63.2 Å². The van der Waals surface area contributed by atoms with Gasteiger partial charge in [-0.1, -0.05) is 42.5 Å². The molecule has 0 aliphatic rings. The lowest BCUT2D eigenvalue weighted by Gasteiger charge is -2.28. The van der Waals surface area contributed by atoms with E-state index in [1.54, 1.807) is 12.1 Å². The van der Waals surface area contributed by atoms with Crippen molar-refractivity contribution in [1.29, 1.82) is 0 Å². The maximum atomic E-state index is 12.7. The zero-order chi connectivity index (χ0) is 17.6. The minimum atomic E-state index is -0.605. The molecule has 5 heteroatoms. The van der Waals surface area contributed by atoms with E-state index in [2.05, 4.69) is 4.79 Å². The lowest BCUT2D eigenvalue weighted by molar-refractivity contribution is 0.00460. The van der Waals surface area contributed by atoms with E-state index in [0.29, 0.717) is 17.8 Å². The van der Waals surface area contributed by atoms with Crippen LogP contribution in [0.25, 0.3) is 5.53 Å². The second kappa shape index (κ2) is 7.57. The Morgan fingerprint density at radius 3 is 2.38 bits per heavy atom. The Bertz CT molecular complexity index is 745. The maximum absolute atomic E-state index is 12.7. The number of para-hydroxylation sites is 1. The second-order valence-electron chi connectivity index (χ2n) is 6.36. The molecule has 2 aromatic carbocycles. The summed E-state index contributed by atoms with van der Waals surface area (Å²) in [7, 11) is 0. The smallest absolute Gasteiger partial charge is 0.415 e. The summed E-state index contributed by atoms with van der Waals surface area (Å²) in [5.41, 5.74) is 10.5. The lowest BCUT2D eigenvalue weighted by Crippen LogP contribution is -2.37. The largest absolute Gasteiger partial charge is 0.443 e. The van der Waals surface area contributed by atoms with E-state index in [9.17, 15) is 4.79 Å². The van der Waals surface area contributed by atoms with Crippen LogP contribution in [0.4, 0.5) is 10.5 Å². The molecule has 0 fully saturated rings. The zero-order valence-corrected chi connectivity index (χ0v) is 14.1. The van der Waals surface area contributed by atoms with E-state index >= 15 is 0 Å². The zero-order valence-electron chi connectivity index (χ0n) is 14.1. The number of benzene rings is 2. The predicted molar refractivity (Wildman–Crippen MR) is 94.1 cm³/mol. The third kappa shape index (κ3) is 4.80. The van der Waals surface area contributed by atoms with Gasteiger partial charge in [-0.2, -0.15) is 4.79 Å². The first-order valence-corrected chi connectivity index (χ1v) is 7.71. The van der Waals surface area contributed by atoms with E-state index in [4.69, 9.17) is 10.3 Å². The van der Waals surface area contributed by atoms with Gasteiger partial charge in [0.2, 0.25) is 0 Å². The fourth-order valence-electron chi connectivity index (χ4n) is 2.24. The van der Waals surface area contributed by atoms with Crippen LogP contribution in [-0.2, 0) is 11.3 Å². The molecule has 0 bridgehead atoms. The van der Waals surface area contributed by atoms with Gasteiger partial charge in [0.05, 0.1) is 17.8 Å². The van der Waals surface area contributed by atoms with Crippen molar-refractivity contribution in [1.82, 2.24) is 0 Å². The maximum Gasteiger partial charge on any atom is 0.415 e. The summed E-state index contributed by atoms with van der Waals surface area (Å²) >= 11 is 0. The monoisotopic (exact) mass is 323 g/mol. The molecule has 0 saturated heterocycles. The summed E-state index contributed by atoms with van der Waals surface area (Å²) in [6.45, 7) is 5.83. The molecule has 0 saturated carbocycles. The normalized spacial score (nSPS) is 10.6. The van der Waals surface area contributed by atoms with Crippen molar-refractivity contribution in [2.75, 3.05) is 4.90 Å². The van der Waals surface area contributed by atoms with E-state index < -0.39 is 11.7 Å². The molecule has 0 unspecified atom stereocenters. The molecule has 0 atom stereocenters. The molecule has 0 aliphatic heterocycles. The Morgan fingerprint density at radius 2 is 1.75 bits per heavy atom. The highest BCUT2D eigenvalue weighted by atomic mass is 16.6. The summed E-state index contributed by atoms with van der Waals surface area (Å²) in [6, 6.07) is 16.9. The minimum absolute atomic E-state index is 0.353. The Morgan fingerprint density at radius 1 is 1.12 bits per heavy atom. The minimum Gasteiger partial charge on any atom is -0.443 e. The standard InChI is InChI=1S/C19H21N3O2/c1-19(2,3)24-18(23)22(14-15-9-5-4-6-10-15)17-12-8-7-11-16(17)13-21-20/h4-13H,14H2,1-3H3. The number of ether oxygens (including phenoxy) is 1. The molecule has 0 heterocycles. The first kappa shape index (κ1) is 17.4. The molecule has 0 N–H and O–H groups in total. The topological polar surface area (TPSA) is 65.9 Å². The van der Waals surface area contributed by atoms with Crippen LogP contribution in [0.3, 0.4) is 0 Å². The Balaban J connectivity index is 2.43. The van der Waals surface area contributed by atoms with Gasteiger partial charge in [-0.05, 0) is 38.5 Å². The summed E-state index contributed by atoms with van der Waals surface area (Å²) in [5, 5.41) is 0. The molecule has 2 aromatic rings. The highest BCUT2D eigenvalue weighted by Gasteiger charge is 2.25. The van der Waals surface area contributed by atoms with Gasteiger partial charge in [0, 0.05) is 0 Å². The van der Waals surface area contributed by atoms with Gasteiger partial charge in [-0.15, -0.1) is 0 Å². The van der Waals surface area contributed by atoms with Crippen molar-refractivity contribution < 1.29 is 14.3 Å². The highest BCUT2D eigenvalue weighted by molar-refractivity contribution is 5.95. The van der Waals surface area contributed by atoms with Crippen LogP contribution in [0, 0.1) is 0 Å². The molecule has 0 spiro atoms. The molecule has 0 radical (unpaired) electrons. The Hall–Kier alpha value is -2.91. The van der Waals surface area contributed by atoms with Crippen LogP contribution in [0.1, 0.15) is 31.9 Å². The molecule has 1 amide bonds. The van der Waals surface area contributed by atoms with E-state index in [0.717, 1.165) is 5.56 Å². The number of carbonyl (C=O) groups excluding carboxylic acids is 1. The SMILES string of the molecule is CC(C)(C)OC(=O)N(Cc1ccccc1)c1ccccc1C=[N+]=[N-]. The van der Waals surface area contributed by atoms with E-state index in [1.165, 1.54) is 11.1 Å². The van der Waals surface area contributed by atoms with Gasteiger partial charge in [0.1, 0.15) is 5.60 Å². The predicted octanol–water partition coefficient (Wildman–Crippen LogP) is 4.28. The van der Waals surface area contributed by atoms with Crippen LogP contribution in [0.15, 0.2) is 54.6 Å². The van der Waals surface area contributed by atoms with Crippen molar-refractivity contribution >= 4 is 18.0 Å². The molecule has 5 nitrogen and oxygen atoms in total. The van der Waals surface area contributed by atoms with Gasteiger partial charge >= 0.3 is 6.09 Å². The Labute approximate surface area is 142 Å². The number of carbonyl (C=O) groups is 1. The van der Waals surface area contributed by atoms with Crippen molar-refractivity contribution in [3.8, 4) is 0 Å². The van der Waals surface area contributed by atoms with Crippen LogP contribution >= 0.6 is 0 Å². The third-order valence-corrected chi connectivity index (χ3v) is 3.22. The van der Waals surface area contributed by atoms with Gasteiger partial charge in [0.15, 0.2) is 0 Å². The molecule has 2 rings (SSSR count). The fraction of sp³-hybridized carbons (Fsp3) is 0.263. The summed E-state index contributed by atoms with van der Waals surface area (Å²) < 4.78 is 5.54. The Kier molecular flexibility index (Phi) is 5.51. The molecule has 0 aliphatic carbocycles. The molecule has 24 heavy (non-hydrogen) atoms. The average Bonchev–Trinajstić information content (AvgIpc) is 2.53. The number of hydrogen-bond donors (Lipinski definition) is 0. The number of nitrogens with zero attached hydrogens (tertiary/aromatic N) is 3. The number of hydrogen-bond acceptors (Lipinski definition) is 2. The second-order valence-corrected chi connectivity index (χ2v) is 6.36. The number of rotatable bonds is 4.